The minimum Gasteiger partial charge on any atom is -0.383 e. The number of fused-ring (bicyclic) bond motifs is 2. The highest BCUT2D eigenvalue weighted by Crippen LogP contribution is 2.38. The predicted molar refractivity (Wildman–Crippen MR) is 123 cm³/mol. The normalized spacial score (nSPS) is 12.9. The first-order chi connectivity index (χ1) is 15.5. The van der Waals surface area contributed by atoms with Gasteiger partial charge >= 0.3 is 0 Å². The second-order valence-electron chi connectivity index (χ2n) is 7.71. The number of rotatable bonds is 9. The Balaban J connectivity index is 1.50. The maximum atomic E-state index is 12.8. The highest BCUT2D eigenvalue weighted by atomic mass is 32.1. The van der Waals surface area contributed by atoms with Crippen LogP contribution in [-0.2, 0) is 28.9 Å². The highest BCUT2D eigenvalue weighted by Gasteiger charge is 2.26. The molecule has 0 atom stereocenters. The second-order valence-corrected chi connectivity index (χ2v) is 8.81. The molecule has 2 aromatic heterocycles. The Bertz CT molecular complexity index is 1220. The van der Waals surface area contributed by atoms with Crippen LogP contribution in [0.15, 0.2) is 29.1 Å². The summed E-state index contributed by atoms with van der Waals surface area (Å²) in [6, 6.07) is 7.11. The van der Waals surface area contributed by atoms with E-state index < -0.39 is 5.91 Å². The number of methoxy groups -OCH3 is 1. The number of thiophene rings is 1. The van der Waals surface area contributed by atoms with Gasteiger partial charge in [-0.25, -0.2) is 4.98 Å². The minimum atomic E-state index is -0.520. The molecule has 0 saturated heterocycles. The largest absolute Gasteiger partial charge is 0.383 e. The van der Waals surface area contributed by atoms with Gasteiger partial charge in [0.1, 0.15) is 10.8 Å². The van der Waals surface area contributed by atoms with Crippen LogP contribution in [0.1, 0.15) is 33.0 Å². The van der Waals surface area contributed by atoms with Crippen LogP contribution < -0.4 is 16.6 Å². The predicted octanol–water partition coefficient (Wildman–Crippen LogP) is 1.66. The van der Waals surface area contributed by atoms with E-state index in [-0.39, 0.29) is 24.6 Å². The number of primary amides is 1. The van der Waals surface area contributed by atoms with Crippen LogP contribution in [0.25, 0.3) is 10.9 Å². The Morgan fingerprint density at radius 1 is 1.31 bits per heavy atom. The lowest BCUT2D eigenvalue weighted by atomic mass is 10.1. The number of aryl methyl sites for hydroxylation is 1. The van der Waals surface area contributed by atoms with Crippen molar-refractivity contribution in [1.29, 1.82) is 0 Å². The van der Waals surface area contributed by atoms with Crippen molar-refractivity contribution in [1.82, 2.24) is 14.9 Å². The van der Waals surface area contributed by atoms with Crippen molar-refractivity contribution in [2.45, 2.75) is 25.8 Å². The molecular weight excluding hydrogens is 430 g/mol. The number of benzene rings is 1. The number of hydrogen-bond acceptors (Lipinski definition) is 7. The number of para-hydroxylation sites is 1. The first-order valence-corrected chi connectivity index (χ1v) is 11.2. The quantitative estimate of drug-likeness (QED) is 0.450. The molecule has 32 heavy (non-hydrogen) atoms. The summed E-state index contributed by atoms with van der Waals surface area (Å²) >= 11 is 1.42. The standard InChI is InChI=1S/C22H25N5O4S/c1-31-10-9-27(11-17-24-15-7-3-2-5-13(15)21(30)25-17)12-18(28)26-22-19(20(23)29)14-6-4-8-16(14)32-22/h2-3,5,7H,4,6,8-12H2,1H3,(H2,23,29)(H,26,28)(H,24,25,30). The molecule has 3 aromatic rings. The lowest BCUT2D eigenvalue weighted by molar-refractivity contribution is -0.117. The van der Waals surface area contributed by atoms with Crippen molar-refractivity contribution in [2.24, 2.45) is 5.73 Å². The summed E-state index contributed by atoms with van der Waals surface area (Å²) < 4.78 is 5.17. The molecule has 4 N–H and O–H groups in total. The molecular formula is C22H25N5O4S. The number of anilines is 1. The third kappa shape index (κ3) is 4.72. The van der Waals surface area contributed by atoms with Gasteiger partial charge in [-0.2, -0.15) is 0 Å². The number of nitrogens with one attached hydrogen (secondary N) is 2. The number of nitrogens with two attached hydrogens (primary N) is 1. The van der Waals surface area contributed by atoms with Gasteiger partial charge in [0, 0.05) is 18.5 Å². The van der Waals surface area contributed by atoms with Crippen molar-refractivity contribution in [2.75, 3.05) is 32.1 Å². The molecule has 2 heterocycles. The van der Waals surface area contributed by atoms with Gasteiger partial charge < -0.3 is 20.8 Å². The van der Waals surface area contributed by atoms with Gasteiger partial charge in [-0.1, -0.05) is 12.1 Å². The van der Waals surface area contributed by atoms with E-state index in [9.17, 15) is 14.4 Å². The van der Waals surface area contributed by atoms with E-state index >= 15 is 0 Å². The Labute approximate surface area is 188 Å². The maximum Gasteiger partial charge on any atom is 0.258 e. The molecule has 9 nitrogen and oxygen atoms in total. The van der Waals surface area contributed by atoms with E-state index in [1.807, 2.05) is 11.0 Å². The minimum absolute atomic E-state index is 0.0423. The number of aromatic nitrogens is 2. The van der Waals surface area contributed by atoms with Crippen LogP contribution in [0.4, 0.5) is 5.00 Å². The van der Waals surface area contributed by atoms with E-state index in [2.05, 4.69) is 15.3 Å². The Hall–Kier alpha value is -3.08. The molecule has 0 unspecified atom stereocenters. The summed E-state index contributed by atoms with van der Waals surface area (Å²) in [6.07, 6.45) is 2.70. The van der Waals surface area contributed by atoms with Crippen LogP contribution in [0.3, 0.4) is 0 Å². The zero-order chi connectivity index (χ0) is 22.7. The molecule has 1 aliphatic carbocycles. The molecule has 0 aliphatic heterocycles. The van der Waals surface area contributed by atoms with Gasteiger partial charge in [0.15, 0.2) is 0 Å². The summed E-state index contributed by atoms with van der Waals surface area (Å²) in [5.74, 6) is -0.328. The average Bonchev–Trinajstić information content (AvgIpc) is 3.32. The molecule has 1 aromatic carbocycles. The van der Waals surface area contributed by atoms with E-state index in [1.54, 1.807) is 25.3 Å². The van der Waals surface area contributed by atoms with Gasteiger partial charge in [-0.15, -0.1) is 11.3 Å². The van der Waals surface area contributed by atoms with Crippen LogP contribution in [0, 0.1) is 0 Å². The fourth-order valence-corrected chi connectivity index (χ4v) is 5.29. The van der Waals surface area contributed by atoms with E-state index in [4.69, 9.17) is 10.5 Å². The third-order valence-corrected chi connectivity index (χ3v) is 6.64. The van der Waals surface area contributed by atoms with Gasteiger partial charge in [-0.3, -0.25) is 19.3 Å². The first kappa shape index (κ1) is 22.1. The zero-order valence-electron chi connectivity index (χ0n) is 17.8. The van der Waals surface area contributed by atoms with Crippen LogP contribution in [-0.4, -0.2) is 53.5 Å². The van der Waals surface area contributed by atoms with E-state index in [0.717, 1.165) is 29.7 Å². The SMILES string of the molecule is COCCN(CC(=O)Nc1sc2c(c1C(N)=O)CCC2)Cc1nc2ccccc2c(=O)[nH]1. The van der Waals surface area contributed by atoms with E-state index in [1.165, 1.54) is 11.3 Å². The topological polar surface area (TPSA) is 130 Å². The highest BCUT2D eigenvalue weighted by molar-refractivity contribution is 7.17. The zero-order valence-corrected chi connectivity index (χ0v) is 18.6. The third-order valence-electron chi connectivity index (χ3n) is 5.43. The lowest BCUT2D eigenvalue weighted by Gasteiger charge is -2.21. The van der Waals surface area contributed by atoms with Gasteiger partial charge in [0.2, 0.25) is 5.91 Å². The van der Waals surface area contributed by atoms with Gasteiger partial charge in [-0.05, 0) is 37.0 Å². The summed E-state index contributed by atoms with van der Waals surface area (Å²) in [6.45, 7) is 1.18. The number of H-pyrrole nitrogens is 1. The molecule has 0 spiro atoms. The van der Waals surface area contributed by atoms with Crippen molar-refractivity contribution in [3.05, 3.63) is 56.4 Å². The molecule has 2 amide bonds. The number of aromatic amines is 1. The Morgan fingerprint density at radius 2 is 2.12 bits per heavy atom. The molecule has 4 rings (SSSR count). The van der Waals surface area contributed by atoms with Crippen molar-refractivity contribution in [3.63, 3.8) is 0 Å². The smallest absolute Gasteiger partial charge is 0.258 e. The van der Waals surface area contributed by atoms with Crippen molar-refractivity contribution in [3.8, 4) is 0 Å². The van der Waals surface area contributed by atoms with Crippen LogP contribution >= 0.6 is 11.3 Å². The molecule has 168 valence electrons. The summed E-state index contributed by atoms with van der Waals surface area (Å²) in [4.78, 5) is 47.4. The Morgan fingerprint density at radius 3 is 2.91 bits per heavy atom. The Kier molecular flexibility index (Phi) is 6.63. The lowest BCUT2D eigenvalue weighted by Crippen LogP contribution is -2.36. The molecule has 1 aliphatic rings. The molecule has 0 fully saturated rings. The number of amides is 2. The summed E-state index contributed by atoms with van der Waals surface area (Å²) in [5, 5.41) is 3.89. The van der Waals surface area contributed by atoms with Gasteiger partial charge in [0.05, 0.1) is 36.2 Å². The molecule has 0 radical (unpaired) electrons. The maximum absolute atomic E-state index is 12.8. The molecule has 0 saturated carbocycles. The van der Waals surface area contributed by atoms with Crippen LogP contribution in [0.2, 0.25) is 0 Å². The fraction of sp³-hybridized carbons (Fsp3) is 0.364. The number of carbonyl (C=O) groups is 2. The monoisotopic (exact) mass is 455 g/mol. The fourth-order valence-electron chi connectivity index (χ4n) is 3.98. The van der Waals surface area contributed by atoms with Gasteiger partial charge in [0.25, 0.3) is 11.5 Å². The summed E-state index contributed by atoms with van der Waals surface area (Å²) in [5.41, 5.74) is 7.36. The van der Waals surface area contributed by atoms with E-state index in [0.29, 0.717) is 40.4 Å². The number of hydrogen-bond donors (Lipinski definition) is 3. The van der Waals surface area contributed by atoms with Crippen molar-refractivity contribution < 1.29 is 14.3 Å². The molecule has 10 heteroatoms. The second kappa shape index (κ2) is 9.60. The average molecular weight is 456 g/mol. The van der Waals surface area contributed by atoms with Crippen LogP contribution in [0.5, 0.6) is 0 Å². The summed E-state index contributed by atoms with van der Waals surface area (Å²) in [7, 11) is 1.58. The number of carbonyl (C=O) groups excluding carboxylic acids is 2. The first-order valence-electron chi connectivity index (χ1n) is 10.4. The molecule has 0 bridgehead atoms. The van der Waals surface area contributed by atoms with Crippen molar-refractivity contribution >= 4 is 39.1 Å². The number of nitrogens with zero attached hydrogens (tertiary/aromatic N) is 2. The number of ether oxygens (including phenoxy) is 1.